The van der Waals surface area contributed by atoms with Crippen molar-refractivity contribution in [2.45, 2.75) is 19.0 Å². The standard InChI is InChI=1S/C37H32F3N7O5/c38-37(39,40)23-6-9-30-26(19-23)34(48)32-28(7-8-29-33(32)46(30)21-42-29)41-10-2-11-43-14-16-44(17-15-43)12-3-13-45-35(49)25-5-1-4-22-18-24(47(51)52)20-27(31(22)25)36(45)50/h1,4-9,18-21,41H,2-3,10-17H2. The molecule has 4 aromatic carbocycles. The van der Waals surface area contributed by atoms with Crippen LogP contribution >= 0.6 is 0 Å². The highest BCUT2D eigenvalue weighted by molar-refractivity contribution is 6.25. The Morgan fingerprint density at radius 2 is 1.56 bits per heavy atom. The Morgan fingerprint density at radius 3 is 2.29 bits per heavy atom. The minimum absolute atomic E-state index is 0.0166. The number of hydrogen-bond donors (Lipinski definition) is 1. The Morgan fingerprint density at radius 1 is 0.827 bits per heavy atom. The number of nitrogens with one attached hydrogen (secondary N) is 1. The van der Waals surface area contributed by atoms with Gasteiger partial charge in [-0.2, -0.15) is 13.2 Å². The second-order valence-corrected chi connectivity index (χ2v) is 13.3. The summed E-state index contributed by atoms with van der Waals surface area (Å²) in [6, 6.07) is 14.3. The molecule has 12 nitrogen and oxygen atoms in total. The molecule has 8 rings (SSSR count). The predicted molar refractivity (Wildman–Crippen MR) is 189 cm³/mol. The number of aromatic nitrogens is 2. The van der Waals surface area contributed by atoms with Crippen LogP contribution < -0.4 is 10.7 Å². The largest absolute Gasteiger partial charge is 0.416 e. The number of carbonyl (C=O) groups is 2. The van der Waals surface area contributed by atoms with Crippen LogP contribution in [0, 0.1) is 10.1 Å². The molecule has 0 aliphatic carbocycles. The van der Waals surface area contributed by atoms with Crippen LogP contribution in [0.2, 0.25) is 0 Å². The highest BCUT2D eigenvalue weighted by atomic mass is 19.4. The number of pyridine rings is 1. The van der Waals surface area contributed by atoms with Crippen molar-refractivity contribution in [3.8, 4) is 0 Å². The number of hydrogen-bond acceptors (Lipinski definition) is 9. The highest BCUT2D eigenvalue weighted by Crippen LogP contribution is 2.35. The Labute approximate surface area is 293 Å². The Bertz CT molecular complexity index is 2480. The number of halogens is 3. The Hall–Kier alpha value is -5.67. The first kappa shape index (κ1) is 33.5. The zero-order chi connectivity index (χ0) is 36.3. The second kappa shape index (κ2) is 12.8. The summed E-state index contributed by atoms with van der Waals surface area (Å²) in [7, 11) is 0. The average Bonchev–Trinajstić information content (AvgIpc) is 3.57. The van der Waals surface area contributed by atoms with Crippen molar-refractivity contribution in [1.82, 2.24) is 24.1 Å². The molecule has 52 heavy (non-hydrogen) atoms. The predicted octanol–water partition coefficient (Wildman–Crippen LogP) is 5.62. The molecule has 0 saturated carbocycles. The summed E-state index contributed by atoms with van der Waals surface area (Å²) in [6.45, 7) is 5.51. The molecule has 6 aromatic rings. The molecule has 0 atom stereocenters. The average molecular weight is 712 g/mol. The van der Waals surface area contributed by atoms with Gasteiger partial charge in [0.1, 0.15) is 6.33 Å². The monoisotopic (exact) mass is 711 g/mol. The third kappa shape index (κ3) is 5.75. The molecule has 1 fully saturated rings. The van der Waals surface area contributed by atoms with Crippen LogP contribution in [0.4, 0.5) is 24.5 Å². The summed E-state index contributed by atoms with van der Waals surface area (Å²) >= 11 is 0. The number of nitrogens with zero attached hydrogens (tertiary/aromatic N) is 6. The molecule has 0 spiro atoms. The van der Waals surface area contributed by atoms with Crippen LogP contribution in [0.3, 0.4) is 0 Å². The highest BCUT2D eigenvalue weighted by Gasteiger charge is 2.34. The molecule has 2 aliphatic rings. The molecular weight excluding hydrogens is 679 g/mol. The van der Waals surface area contributed by atoms with Crippen LogP contribution in [0.1, 0.15) is 39.1 Å². The number of non-ortho nitro benzene ring substituents is 1. The van der Waals surface area contributed by atoms with E-state index in [0.717, 1.165) is 51.3 Å². The normalized spacial score (nSPS) is 15.9. The lowest BCUT2D eigenvalue weighted by Gasteiger charge is -2.35. The van der Waals surface area contributed by atoms with Gasteiger partial charge in [-0.1, -0.05) is 12.1 Å². The van der Waals surface area contributed by atoms with E-state index in [1.165, 1.54) is 29.4 Å². The number of amides is 2. The number of fused-ring (bicyclic) bond motifs is 2. The van der Waals surface area contributed by atoms with Gasteiger partial charge >= 0.3 is 6.18 Å². The fourth-order valence-corrected chi connectivity index (χ4v) is 7.57. The molecule has 1 N–H and O–H groups in total. The third-order valence-corrected chi connectivity index (χ3v) is 10.2. The first-order valence-electron chi connectivity index (χ1n) is 17.0. The number of anilines is 1. The van der Waals surface area contributed by atoms with Gasteiger partial charge in [0.05, 0.1) is 38.0 Å². The zero-order valence-corrected chi connectivity index (χ0v) is 27.8. The van der Waals surface area contributed by atoms with Gasteiger partial charge in [0, 0.05) is 73.4 Å². The van der Waals surface area contributed by atoms with Crippen molar-refractivity contribution in [2.24, 2.45) is 0 Å². The number of alkyl halides is 3. The lowest BCUT2D eigenvalue weighted by Crippen LogP contribution is -2.48. The van der Waals surface area contributed by atoms with E-state index in [-0.39, 0.29) is 23.2 Å². The Kier molecular flexibility index (Phi) is 8.26. The molecule has 1 saturated heterocycles. The summed E-state index contributed by atoms with van der Waals surface area (Å²) in [5, 5.41) is 16.0. The number of imidazole rings is 1. The van der Waals surface area contributed by atoms with Gasteiger partial charge in [0.25, 0.3) is 17.5 Å². The number of imide groups is 1. The molecule has 0 bridgehead atoms. The molecule has 2 amide bonds. The van der Waals surface area contributed by atoms with E-state index in [1.807, 2.05) is 0 Å². The van der Waals surface area contributed by atoms with E-state index < -0.39 is 33.9 Å². The fraction of sp³-hybridized carbons (Fsp3) is 0.297. The van der Waals surface area contributed by atoms with E-state index in [4.69, 9.17) is 0 Å². The van der Waals surface area contributed by atoms with Gasteiger partial charge < -0.3 is 15.1 Å². The number of carbonyl (C=O) groups excluding carboxylic acids is 2. The van der Waals surface area contributed by atoms with Crippen LogP contribution in [0.25, 0.3) is 38.1 Å². The molecule has 266 valence electrons. The number of rotatable bonds is 10. The fourth-order valence-electron chi connectivity index (χ4n) is 7.57. The van der Waals surface area contributed by atoms with Gasteiger partial charge in [-0.3, -0.25) is 33.8 Å². The summed E-state index contributed by atoms with van der Waals surface area (Å²) in [5.74, 6) is -0.912. The van der Waals surface area contributed by atoms with E-state index in [9.17, 15) is 37.7 Å². The maximum atomic E-state index is 13.6. The van der Waals surface area contributed by atoms with Gasteiger partial charge in [-0.25, -0.2) is 4.98 Å². The van der Waals surface area contributed by atoms with Crippen molar-refractivity contribution in [2.75, 3.05) is 57.7 Å². The van der Waals surface area contributed by atoms with Crippen LogP contribution in [0.15, 0.2) is 71.8 Å². The number of nitro groups is 1. The topological polar surface area (TPSA) is 133 Å². The van der Waals surface area contributed by atoms with Crippen LogP contribution in [0.5, 0.6) is 0 Å². The maximum Gasteiger partial charge on any atom is 0.416 e. The second-order valence-electron chi connectivity index (χ2n) is 13.3. The number of piperazine rings is 1. The summed E-state index contributed by atoms with van der Waals surface area (Å²) in [5.41, 5.74) is 1.07. The molecule has 15 heteroatoms. The first-order valence-corrected chi connectivity index (χ1v) is 17.0. The van der Waals surface area contributed by atoms with Crippen molar-refractivity contribution in [3.05, 3.63) is 104 Å². The molecule has 4 heterocycles. The third-order valence-electron chi connectivity index (χ3n) is 10.2. The van der Waals surface area contributed by atoms with Gasteiger partial charge in [0.15, 0.2) is 5.43 Å². The van der Waals surface area contributed by atoms with Crippen LogP contribution in [-0.2, 0) is 6.18 Å². The lowest BCUT2D eigenvalue weighted by atomic mass is 9.93. The Balaban J connectivity index is 0.849. The minimum atomic E-state index is -4.57. The SMILES string of the molecule is O=C1c2cccc3cc([N+](=O)[O-])cc(c23)C(=O)N1CCCN1CCN(CCCNc2ccc3ncn4c5ccc(C(F)(F)F)cc5c(=O)c2c34)CC1. The van der Waals surface area contributed by atoms with Crippen LogP contribution in [-0.4, -0.2) is 93.2 Å². The molecular formula is C37H32F3N7O5. The number of benzene rings is 4. The van der Waals surface area contributed by atoms with E-state index in [1.54, 1.807) is 34.7 Å². The van der Waals surface area contributed by atoms with E-state index in [0.29, 0.717) is 63.5 Å². The molecule has 0 radical (unpaired) electrons. The molecule has 0 unspecified atom stereocenters. The summed E-state index contributed by atoms with van der Waals surface area (Å²) in [4.78, 5) is 61.3. The van der Waals surface area contributed by atoms with Gasteiger partial charge in [-0.05, 0) is 67.7 Å². The van der Waals surface area contributed by atoms with Gasteiger partial charge in [0.2, 0.25) is 0 Å². The van der Waals surface area contributed by atoms with Gasteiger partial charge in [-0.15, -0.1) is 0 Å². The van der Waals surface area contributed by atoms with Crippen molar-refractivity contribution in [3.63, 3.8) is 0 Å². The summed E-state index contributed by atoms with van der Waals surface area (Å²) in [6.07, 6.45) is -1.72. The quantitative estimate of drug-likeness (QED) is 0.0632. The minimum Gasteiger partial charge on any atom is -0.384 e. The van der Waals surface area contributed by atoms with E-state index in [2.05, 4.69) is 20.1 Å². The molecule has 2 aliphatic heterocycles. The van der Waals surface area contributed by atoms with Crippen molar-refractivity contribution in [1.29, 1.82) is 0 Å². The zero-order valence-electron chi connectivity index (χ0n) is 27.8. The lowest BCUT2D eigenvalue weighted by molar-refractivity contribution is -0.384. The van der Waals surface area contributed by atoms with E-state index >= 15 is 0 Å². The van der Waals surface area contributed by atoms with Crippen molar-refractivity contribution >= 4 is 61.3 Å². The maximum absolute atomic E-state index is 13.6. The summed E-state index contributed by atoms with van der Waals surface area (Å²) < 4.78 is 42.1. The smallest absolute Gasteiger partial charge is 0.384 e. The molecule has 2 aromatic heterocycles. The number of nitro benzene ring substituents is 1. The first-order chi connectivity index (χ1) is 25.0. The van der Waals surface area contributed by atoms with Crippen molar-refractivity contribution < 1.29 is 27.7 Å².